The molecule has 0 heterocycles. The average Bonchev–Trinajstić information content (AvgIpc) is 2.41. The standard InChI is InChI=1S/C16H15BrFNO2/c1-10-6-7-11(8-14(10)18)16(2,15(20)21)19-13-5-3-4-12(17)9-13/h3-9,19H,1-2H3,(H,20,21). The van der Waals surface area contributed by atoms with Gasteiger partial charge in [0.2, 0.25) is 0 Å². The van der Waals surface area contributed by atoms with Crippen molar-refractivity contribution in [2.24, 2.45) is 0 Å². The maximum atomic E-state index is 13.7. The highest BCUT2D eigenvalue weighted by atomic mass is 79.9. The van der Waals surface area contributed by atoms with Crippen LogP contribution in [0.15, 0.2) is 46.9 Å². The lowest BCUT2D eigenvalue weighted by atomic mass is 9.90. The van der Waals surface area contributed by atoms with Crippen molar-refractivity contribution in [1.29, 1.82) is 0 Å². The van der Waals surface area contributed by atoms with Crippen molar-refractivity contribution in [3.05, 3.63) is 63.9 Å². The molecule has 0 saturated heterocycles. The van der Waals surface area contributed by atoms with Crippen molar-refractivity contribution >= 4 is 27.6 Å². The minimum absolute atomic E-state index is 0.359. The number of carboxylic acid groups (broad SMARTS) is 1. The number of halogens is 2. The van der Waals surface area contributed by atoms with Crippen LogP contribution in [0.4, 0.5) is 10.1 Å². The summed E-state index contributed by atoms with van der Waals surface area (Å²) in [5.41, 5.74) is 0.0530. The number of nitrogens with one attached hydrogen (secondary N) is 1. The van der Waals surface area contributed by atoms with Crippen molar-refractivity contribution in [1.82, 2.24) is 0 Å². The Balaban J connectivity index is 2.45. The Morgan fingerprint density at radius 2 is 2.00 bits per heavy atom. The lowest BCUT2D eigenvalue weighted by Gasteiger charge is -2.28. The van der Waals surface area contributed by atoms with Gasteiger partial charge in [0.05, 0.1) is 0 Å². The largest absolute Gasteiger partial charge is 0.479 e. The fourth-order valence-electron chi connectivity index (χ4n) is 2.01. The monoisotopic (exact) mass is 351 g/mol. The summed E-state index contributed by atoms with van der Waals surface area (Å²) in [4.78, 5) is 11.7. The number of carbonyl (C=O) groups is 1. The molecule has 0 saturated carbocycles. The molecule has 0 aromatic heterocycles. The Bertz CT molecular complexity index is 690. The average molecular weight is 352 g/mol. The Morgan fingerprint density at radius 1 is 1.29 bits per heavy atom. The van der Waals surface area contributed by atoms with E-state index in [0.717, 1.165) is 4.47 Å². The van der Waals surface area contributed by atoms with Crippen LogP contribution in [0.5, 0.6) is 0 Å². The molecule has 2 aromatic rings. The van der Waals surface area contributed by atoms with Gasteiger partial charge in [-0.05, 0) is 49.2 Å². The third kappa shape index (κ3) is 3.24. The fraction of sp³-hybridized carbons (Fsp3) is 0.188. The first-order valence-electron chi connectivity index (χ1n) is 6.37. The number of hydrogen-bond acceptors (Lipinski definition) is 2. The van der Waals surface area contributed by atoms with E-state index < -0.39 is 17.3 Å². The molecule has 21 heavy (non-hydrogen) atoms. The molecule has 1 atom stereocenters. The second-order valence-electron chi connectivity index (χ2n) is 5.03. The van der Waals surface area contributed by atoms with Crippen molar-refractivity contribution in [2.45, 2.75) is 19.4 Å². The SMILES string of the molecule is Cc1ccc(C(C)(Nc2cccc(Br)c2)C(=O)O)cc1F. The van der Waals surface area contributed by atoms with Gasteiger partial charge in [0.15, 0.2) is 5.54 Å². The van der Waals surface area contributed by atoms with Gasteiger partial charge < -0.3 is 10.4 Å². The predicted molar refractivity (Wildman–Crippen MR) is 83.9 cm³/mol. The van der Waals surface area contributed by atoms with Gasteiger partial charge in [0.1, 0.15) is 5.82 Å². The molecule has 2 aromatic carbocycles. The van der Waals surface area contributed by atoms with Crippen molar-refractivity contribution in [3.8, 4) is 0 Å². The van der Waals surface area contributed by atoms with E-state index in [1.54, 1.807) is 37.3 Å². The van der Waals surface area contributed by atoms with Gasteiger partial charge in [-0.3, -0.25) is 0 Å². The highest BCUT2D eigenvalue weighted by Gasteiger charge is 2.35. The van der Waals surface area contributed by atoms with Gasteiger partial charge >= 0.3 is 5.97 Å². The quantitative estimate of drug-likeness (QED) is 0.862. The lowest BCUT2D eigenvalue weighted by molar-refractivity contribution is -0.142. The molecule has 2 N–H and O–H groups in total. The third-order valence-corrected chi connectivity index (χ3v) is 3.89. The molecule has 5 heteroatoms. The molecule has 0 radical (unpaired) electrons. The first-order chi connectivity index (χ1) is 9.83. The van der Waals surface area contributed by atoms with E-state index in [4.69, 9.17) is 0 Å². The molecule has 0 amide bonds. The van der Waals surface area contributed by atoms with E-state index in [1.165, 1.54) is 13.0 Å². The van der Waals surface area contributed by atoms with Gasteiger partial charge in [0, 0.05) is 10.2 Å². The van der Waals surface area contributed by atoms with Crippen LogP contribution < -0.4 is 5.32 Å². The normalized spacial score (nSPS) is 13.5. The summed E-state index contributed by atoms with van der Waals surface area (Å²) in [5.74, 6) is -1.50. The summed E-state index contributed by atoms with van der Waals surface area (Å²) in [5, 5.41) is 12.5. The smallest absolute Gasteiger partial charge is 0.333 e. The van der Waals surface area contributed by atoms with Crippen LogP contribution in [0.2, 0.25) is 0 Å². The number of anilines is 1. The zero-order chi connectivity index (χ0) is 15.6. The molecule has 0 aliphatic carbocycles. The van der Waals surface area contributed by atoms with Gasteiger partial charge in [-0.1, -0.05) is 34.1 Å². The topological polar surface area (TPSA) is 49.3 Å². The highest BCUT2D eigenvalue weighted by Crippen LogP contribution is 2.29. The van der Waals surface area contributed by atoms with Gasteiger partial charge in [-0.25, -0.2) is 9.18 Å². The maximum absolute atomic E-state index is 13.7. The summed E-state index contributed by atoms with van der Waals surface area (Å²) < 4.78 is 14.6. The van der Waals surface area contributed by atoms with Crippen LogP contribution in [-0.4, -0.2) is 11.1 Å². The molecular weight excluding hydrogens is 337 g/mol. The molecular formula is C16H15BrFNO2. The van der Waals surface area contributed by atoms with Crippen LogP contribution in [0, 0.1) is 12.7 Å². The second kappa shape index (κ2) is 5.85. The van der Waals surface area contributed by atoms with E-state index >= 15 is 0 Å². The fourth-order valence-corrected chi connectivity index (χ4v) is 2.41. The lowest BCUT2D eigenvalue weighted by Crippen LogP contribution is -2.40. The Kier molecular flexibility index (Phi) is 4.32. The van der Waals surface area contributed by atoms with E-state index in [0.29, 0.717) is 16.8 Å². The van der Waals surface area contributed by atoms with Crippen LogP contribution in [0.3, 0.4) is 0 Å². The molecule has 0 aliphatic heterocycles. The summed E-state index contributed by atoms with van der Waals surface area (Å²) in [6.45, 7) is 3.15. The van der Waals surface area contributed by atoms with E-state index in [2.05, 4.69) is 21.2 Å². The number of aryl methyl sites for hydroxylation is 1. The number of rotatable bonds is 4. The molecule has 0 fully saturated rings. The number of aliphatic carboxylic acids is 1. The molecule has 110 valence electrons. The molecule has 0 bridgehead atoms. The summed E-state index contributed by atoms with van der Waals surface area (Å²) >= 11 is 3.34. The van der Waals surface area contributed by atoms with Crippen LogP contribution in [0.1, 0.15) is 18.1 Å². The molecule has 3 nitrogen and oxygen atoms in total. The molecule has 0 spiro atoms. The second-order valence-corrected chi connectivity index (χ2v) is 5.95. The predicted octanol–water partition coefficient (Wildman–Crippen LogP) is 4.31. The van der Waals surface area contributed by atoms with Crippen molar-refractivity contribution < 1.29 is 14.3 Å². The third-order valence-electron chi connectivity index (χ3n) is 3.40. The van der Waals surface area contributed by atoms with Gasteiger partial charge in [0.25, 0.3) is 0 Å². The first kappa shape index (κ1) is 15.5. The maximum Gasteiger partial charge on any atom is 0.333 e. The first-order valence-corrected chi connectivity index (χ1v) is 7.16. The van der Waals surface area contributed by atoms with Gasteiger partial charge in [-0.2, -0.15) is 0 Å². The Morgan fingerprint density at radius 3 is 2.57 bits per heavy atom. The van der Waals surface area contributed by atoms with E-state index in [9.17, 15) is 14.3 Å². The summed E-state index contributed by atoms with van der Waals surface area (Å²) in [6.07, 6.45) is 0. The molecule has 2 rings (SSSR count). The number of benzene rings is 2. The number of hydrogen-bond donors (Lipinski definition) is 2. The Hall–Kier alpha value is -1.88. The number of carboxylic acids is 1. The zero-order valence-corrected chi connectivity index (χ0v) is 13.2. The van der Waals surface area contributed by atoms with Crippen molar-refractivity contribution in [3.63, 3.8) is 0 Å². The van der Waals surface area contributed by atoms with Crippen LogP contribution in [0.25, 0.3) is 0 Å². The Labute approximate surface area is 130 Å². The summed E-state index contributed by atoms with van der Waals surface area (Å²) in [7, 11) is 0. The van der Waals surface area contributed by atoms with E-state index in [1.807, 2.05) is 6.07 Å². The van der Waals surface area contributed by atoms with Crippen LogP contribution >= 0.6 is 15.9 Å². The highest BCUT2D eigenvalue weighted by molar-refractivity contribution is 9.10. The van der Waals surface area contributed by atoms with Gasteiger partial charge in [-0.15, -0.1) is 0 Å². The molecule has 0 aliphatic rings. The minimum Gasteiger partial charge on any atom is -0.479 e. The van der Waals surface area contributed by atoms with Crippen LogP contribution in [-0.2, 0) is 10.3 Å². The van der Waals surface area contributed by atoms with E-state index in [-0.39, 0.29) is 0 Å². The minimum atomic E-state index is -1.42. The summed E-state index contributed by atoms with van der Waals surface area (Å²) in [6, 6.07) is 11.6. The zero-order valence-electron chi connectivity index (χ0n) is 11.7. The van der Waals surface area contributed by atoms with Crippen molar-refractivity contribution in [2.75, 3.05) is 5.32 Å². The molecule has 1 unspecified atom stereocenters.